The Hall–Kier alpha value is -1.94. The van der Waals surface area contributed by atoms with Crippen LogP contribution in [0.5, 0.6) is 11.5 Å². The minimum Gasteiger partial charge on any atom is -0.465 e. The van der Waals surface area contributed by atoms with Crippen LogP contribution in [0.25, 0.3) is 0 Å². The molecule has 2 aromatic carbocycles. The molecule has 0 saturated heterocycles. The highest BCUT2D eigenvalue weighted by atomic mass is 32.2. The van der Waals surface area contributed by atoms with Gasteiger partial charge in [0, 0.05) is 12.8 Å². The summed E-state index contributed by atoms with van der Waals surface area (Å²) >= 11 is 1.71. The van der Waals surface area contributed by atoms with Gasteiger partial charge in [0.1, 0.15) is 11.5 Å². The van der Waals surface area contributed by atoms with Crippen LogP contribution in [-0.4, -0.2) is 12.6 Å². The van der Waals surface area contributed by atoms with E-state index in [1.165, 1.54) is 6.92 Å². The smallest absolute Gasteiger partial charge is 0.302 e. The Labute approximate surface area is 128 Å². The summed E-state index contributed by atoms with van der Waals surface area (Å²) in [6, 6.07) is 14.1. The number of ether oxygens (including phenoxy) is 2. The molecule has 1 aliphatic rings. The first-order valence-electron chi connectivity index (χ1n) is 6.85. The van der Waals surface area contributed by atoms with Gasteiger partial charge in [-0.05, 0) is 29.8 Å². The van der Waals surface area contributed by atoms with Gasteiger partial charge in [0.25, 0.3) is 0 Å². The van der Waals surface area contributed by atoms with E-state index in [0.717, 1.165) is 26.9 Å². The van der Waals surface area contributed by atoms with E-state index in [0.29, 0.717) is 6.61 Å². The molecule has 3 nitrogen and oxygen atoms in total. The fraction of sp³-hybridized carbons (Fsp3) is 0.235. The van der Waals surface area contributed by atoms with Crippen LogP contribution in [0.2, 0.25) is 0 Å². The van der Waals surface area contributed by atoms with Gasteiger partial charge in [-0.1, -0.05) is 36.9 Å². The van der Waals surface area contributed by atoms with Crippen LogP contribution in [0, 0.1) is 0 Å². The second kappa shape index (κ2) is 5.82. The topological polar surface area (TPSA) is 35.5 Å². The van der Waals surface area contributed by atoms with E-state index in [2.05, 4.69) is 12.1 Å². The fourth-order valence-electron chi connectivity index (χ4n) is 2.19. The van der Waals surface area contributed by atoms with E-state index in [4.69, 9.17) is 9.47 Å². The van der Waals surface area contributed by atoms with Gasteiger partial charge in [-0.3, -0.25) is 4.79 Å². The molecule has 2 aromatic rings. The van der Waals surface area contributed by atoms with Gasteiger partial charge in [-0.15, -0.1) is 0 Å². The van der Waals surface area contributed by atoms with Crippen molar-refractivity contribution in [2.24, 2.45) is 0 Å². The Morgan fingerprint density at radius 1 is 1.19 bits per heavy atom. The third-order valence-corrected chi connectivity index (χ3v) is 4.46. The number of carbonyl (C=O) groups is 1. The summed E-state index contributed by atoms with van der Waals surface area (Å²) in [6.45, 7) is 3.88. The van der Waals surface area contributed by atoms with E-state index in [-0.39, 0.29) is 11.9 Å². The van der Waals surface area contributed by atoms with Crippen LogP contribution in [0.3, 0.4) is 0 Å². The third-order valence-electron chi connectivity index (χ3n) is 3.36. The summed E-state index contributed by atoms with van der Waals surface area (Å²) in [6.07, 6.45) is 0. The first kappa shape index (κ1) is 14.0. The maximum atomic E-state index is 10.9. The predicted octanol–water partition coefficient (Wildman–Crippen LogP) is 4.61. The molecular formula is C17H16O3S. The second-order valence-corrected chi connectivity index (χ2v) is 6.14. The summed E-state index contributed by atoms with van der Waals surface area (Å²) in [5.41, 5.74) is 1.14. The molecule has 4 heteroatoms. The summed E-state index contributed by atoms with van der Waals surface area (Å²) in [4.78, 5) is 13.1. The largest absolute Gasteiger partial charge is 0.465 e. The van der Waals surface area contributed by atoms with Crippen LogP contribution in [0.1, 0.15) is 25.3 Å². The van der Waals surface area contributed by atoms with Gasteiger partial charge in [-0.25, -0.2) is 0 Å². The zero-order valence-corrected chi connectivity index (χ0v) is 12.8. The number of para-hydroxylation sites is 1. The Balaban J connectivity index is 1.81. The molecule has 1 unspecified atom stereocenters. The zero-order valence-electron chi connectivity index (χ0n) is 12.0. The van der Waals surface area contributed by atoms with Gasteiger partial charge >= 0.3 is 5.97 Å². The monoisotopic (exact) mass is 300 g/mol. The van der Waals surface area contributed by atoms with Crippen LogP contribution in [-0.2, 0) is 9.53 Å². The Morgan fingerprint density at radius 2 is 1.95 bits per heavy atom. The first-order chi connectivity index (χ1) is 10.1. The van der Waals surface area contributed by atoms with E-state index in [1.807, 2.05) is 37.3 Å². The predicted molar refractivity (Wildman–Crippen MR) is 82.1 cm³/mol. The van der Waals surface area contributed by atoms with Crippen LogP contribution in [0.15, 0.2) is 52.3 Å². The number of hydrogen-bond donors (Lipinski definition) is 0. The number of esters is 1. The van der Waals surface area contributed by atoms with Gasteiger partial charge in [-0.2, -0.15) is 0 Å². The molecular weight excluding hydrogens is 284 g/mol. The molecule has 0 aromatic heterocycles. The number of benzene rings is 2. The molecule has 0 amide bonds. The van der Waals surface area contributed by atoms with Gasteiger partial charge < -0.3 is 9.47 Å². The summed E-state index contributed by atoms with van der Waals surface area (Å²) in [5.74, 6) is 1.70. The lowest BCUT2D eigenvalue weighted by Crippen LogP contribution is -2.08. The number of hydrogen-bond acceptors (Lipinski definition) is 4. The van der Waals surface area contributed by atoms with Gasteiger partial charge in [0.15, 0.2) is 0 Å². The van der Waals surface area contributed by atoms with Crippen molar-refractivity contribution in [2.75, 3.05) is 6.61 Å². The second-order valence-electron chi connectivity index (χ2n) is 5.06. The molecule has 1 atom stereocenters. The summed E-state index contributed by atoms with van der Waals surface area (Å²) in [7, 11) is 0. The summed E-state index contributed by atoms with van der Waals surface area (Å²) < 4.78 is 11.0. The van der Waals surface area contributed by atoms with Crippen molar-refractivity contribution in [3.05, 3.63) is 48.0 Å². The van der Waals surface area contributed by atoms with E-state index < -0.39 is 0 Å². The molecule has 0 spiro atoms. The standard InChI is InChI=1S/C17H16O3S/c1-11(10-19-12(2)18)13-7-8-15-17(9-13)21-16-6-4-3-5-14(16)20-15/h3-9,11H,10H2,1-2H3. The van der Waals surface area contributed by atoms with Crippen LogP contribution >= 0.6 is 11.8 Å². The normalized spacial score (nSPS) is 13.6. The molecule has 0 saturated carbocycles. The molecule has 0 radical (unpaired) electrons. The molecule has 0 N–H and O–H groups in total. The van der Waals surface area contributed by atoms with E-state index in [1.54, 1.807) is 11.8 Å². The summed E-state index contributed by atoms with van der Waals surface area (Å²) in [5, 5.41) is 0. The van der Waals surface area contributed by atoms with Gasteiger partial charge in [0.05, 0.1) is 16.4 Å². The van der Waals surface area contributed by atoms with Gasteiger partial charge in [0.2, 0.25) is 0 Å². The molecule has 1 aliphatic heterocycles. The minimum absolute atomic E-state index is 0.164. The van der Waals surface area contributed by atoms with Crippen molar-refractivity contribution in [3.63, 3.8) is 0 Å². The zero-order chi connectivity index (χ0) is 14.8. The lowest BCUT2D eigenvalue weighted by atomic mass is 10.0. The average molecular weight is 300 g/mol. The molecule has 0 bridgehead atoms. The Bertz CT molecular complexity index is 681. The quantitative estimate of drug-likeness (QED) is 0.662. The molecule has 0 fully saturated rings. The lowest BCUT2D eigenvalue weighted by Gasteiger charge is -2.21. The van der Waals surface area contributed by atoms with Crippen molar-refractivity contribution < 1.29 is 14.3 Å². The number of rotatable bonds is 3. The van der Waals surface area contributed by atoms with Crippen molar-refractivity contribution >= 4 is 17.7 Å². The highest BCUT2D eigenvalue weighted by Gasteiger charge is 2.19. The molecule has 108 valence electrons. The molecule has 0 aliphatic carbocycles. The Morgan fingerprint density at radius 3 is 2.76 bits per heavy atom. The van der Waals surface area contributed by atoms with Crippen LogP contribution < -0.4 is 4.74 Å². The SMILES string of the molecule is CC(=O)OCC(C)c1ccc2c(c1)Sc1ccccc1O2. The van der Waals surface area contributed by atoms with E-state index >= 15 is 0 Å². The first-order valence-corrected chi connectivity index (χ1v) is 7.67. The highest BCUT2D eigenvalue weighted by molar-refractivity contribution is 7.99. The number of fused-ring (bicyclic) bond motifs is 2. The maximum Gasteiger partial charge on any atom is 0.302 e. The fourth-order valence-corrected chi connectivity index (χ4v) is 3.19. The number of carbonyl (C=O) groups excluding carboxylic acids is 1. The highest BCUT2D eigenvalue weighted by Crippen LogP contribution is 2.47. The third kappa shape index (κ3) is 3.05. The van der Waals surface area contributed by atoms with Crippen molar-refractivity contribution in [3.8, 4) is 11.5 Å². The van der Waals surface area contributed by atoms with Crippen molar-refractivity contribution in [2.45, 2.75) is 29.6 Å². The molecule has 21 heavy (non-hydrogen) atoms. The Kier molecular flexibility index (Phi) is 3.88. The molecule has 3 rings (SSSR count). The lowest BCUT2D eigenvalue weighted by molar-refractivity contribution is -0.141. The van der Waals surface area contributed by atoms with E-state index in [9.17, 15) is 4.79 Å². The maximum absolute atomic E-state index is 10.9. The minimum atomic E-state index is -0.244. The van der Waals surface area contributed by atoms with Crippen LogP contribution in [0.4, 0.5) is 0 Å². The van der Waals surface area contributed by atoms with Crippen molar-refractivity contribution in [1.82, 2.24) is 0 Å². The average Bonchev–Trinajstić information content (AvgIpc) is 2.50. The van der Waals surface area contributed by atoms with Crippen molar-refractivity contribution in [1.29, 1.82) is 0 Å². The molecule has 1 heterocycles.